The minimum absolute atomic E-state index is 0.0857. The molecule has 0 bridgehead atoms. The molecule has 90 valence electrons. The average Bonchev–Trinajstić information content (AvgIpc) is 2.14. The fourth-order valence-electron chi connectivity index (χ4n) is 3.66. The molecule has 0 saturated heterocycles. The Morgan fingerprint density at radius 3 is 2.38 bits per heavy atom. The molecule has 2 aliphatic carbocycles. The lowest BCUT2D eigenvalue weighted by Gasteiger charge is -2.49. The van der Waals surface area contributed by atoms with Crippen LogP contribution in [0.2, 0.25) is 0 Å². The molecule has 2 rings (SSSR count). The van der Waals surface area contributed by atoms with Crippen LogP contribution in [0.5, 0.6) is 0 Å². The zero-order valence-electron chi connectivity index (χ0n) is 11.3. The minimum Gasteiger partial charge on any atom is -0.295 e. The normalized spacial score (nSPS) is 32.6. The summed E-state index contributed by atoms with van der Waals surface area (Å²) in [5.74, 6) is 1.02. The third-order valence-electron chi connectivity index (χ3n) is 4.92. The van der Waals surface area contributed by atoms with Crippen LogP contribution in [-0.4, -0.2) is 5.78 Å². The van der Waals surface area contributed by atoms with E-state index in [2.05, 4.69) is 34.6 Å². The van der Waals surface area contributed by atoms with E-state index in [-0.39, 0.29) is 10.8 Å². The van der Waals surface area contributed by atoms with Crippen molar-refractivity contribution in [2.24, 2.45) is 16.7 Å². The van der Waals surface area contributed by atoms with Gasteiger partial charge in [-0.25, -0.2) is 0 Å². The van der Waals surface area contributed by atoms with Crippen LogP contribution in [0.1, 0.15) is 60.3 Å². The van der Waals surface area contributed by atoms with Crippen molar-refractivity contribution in [2.75, 3.05) is 0 Å². The van der Waals surface area contributed by atoms with Gasteiger partial charge in [0.2, 0.25) is 0 Å². The second kappa shape index (κ2) is 3.45. The number of carbonyl (C=O) groups is 1. The third kappa shape index (κ3) is 1.56. The fourth-order valence-corrected chi connectivity index (χ4v) is 3.66. The monoisotopic (exact) mass is 220 g/mol. The van der Waals surface area contributed by atoms with Gasteiger partial charge in [0, 0.05) is 12.0 Å². The maximum absolute atomic E-state index is 12.2. The van der Waals surface area contributed by atoms with Gasteiger partial charge in [-0.15, -0.1) is 0 Å². The standard InChI is InChI=1S/C15H24O/c1-10-9-14(2,3)11-7-6-8-12(16)13(11)15(10,4)5/h10H,6-9H2,1-5H3. The van der Waals surface area contributed by atoms with Crippen molar-refractivity contribution >= 4 is 5.78 Å². The van der Waals surface area contributed by atoms with E-state index in [4.69, 9.17) is 0 Å². The van der Waals surface area contributed by atoms with Crippen LogP contribution in [0, 0.1) is 16.7 Å². The van der Waals surface area contributed by atoms with Crippen LogP contribution in [0.4, 0.5) is 0 Å². The number of ketones is 1. The van der Waals surface area contributed by atoms with Gasteiger partial charge < -0.3 is 0 Å². The van der Waals surface area contributed by atoms with Gasteiger partial charge in [0.1, 0.15) is 0 Å². The quantitative estimate of drug-likeness (QED) is 0.600. The van der Waals surface area contributed by atoms with Crippen molar-refractivity contribution in [1.29, 1.82) is 0 Å². The molecule has 2 aliphatic rings. The number of carbonyl (C=O) groups excluding carboxylic acids is 1. The highest BCUT2D eigenvalue weighted by Crippen LogP contribution is 2.55. The second-order valence-electron chi connectivity index (χ2n) is 6.84. The Morgan fingerprint density at radius 2 is 1.75 bits per heavy atom. The maximum Gasteiger partial charge on any atom is 0.159 e. The molecule has 0 amide bonds. The van der Waals surface area contributed by atoms with E-state index in [9.17, 15) is 4.79 Å². The lowest BCUT2D eigenvalue weighted by Crippen LogP contribution is -2.41. The van der Waals surface area contributed by atoms with Crippen molar-refractivity contribution in [3.63, 3.8) is 0 Å². The molecular formula is C15H24O. The van der Waals surface area contributed by atoms with Gasteiger partial charge in [0.25, 0.3) is 0 Å². The predicted octanol–water partition coefficient (Wildman–Crippen LogP) is 4.13. The molecular weight excluding hydrogens is 196 g/mol. The zero-order chi connectivity index (χ0) is 12.1. The Kier molecular flexibility index (Phi) is 2.56. The summed E-state index contributed by atoms with van der Waals surface area (Å²) in [6, 6.07) is 0. The number of hydrogen-bond acceptors (Lipinski definition) is 1. The highest BCUT2D eigenvalue weighted by atomic mass is 16.1. The lowest BCUT2D eigenvalue weighted by molar-refractivity contribution is -0.118. The molecule has 0 aromatic heterocycles. The Bertz CT molecular complexity index is 358. The van der Waals surface area contributed by atoms with E-state index in [1.54, 1.807) is 0 Å². The predicted molar refractivity (Wildman–Crippen MR) is 67.2 cm³/mol. The summed E-state index contributed by atoms with van der Waals surface area (Å²) >= 11 is 0. The van der Waals surface area contributed by atoms with E-state index in [0.717, 1.165) is 19.3 Å². The molecule has 1 atom stereocenters. The van der Waals surface area contributed by atoms with Crippen LogP contribution < -0.4 is 0 Å². The molecule has 16 heavy (non-hydrogen) atoms. The molecule has 1 unspecified atom stereocenters. The molecule has 0 saturated carbocycles. The first-order valence-electron chi connectivity index (χ1n) is 6.54. The number of rotatable bonds is 0. The summed E-state index contributed by atoms with van der Waals surface area (Å²) < 4.78 is 0. The summed E-state index contributed by atoms with van der Waals surface area (Å²) in [6.07, 6.45) is 4.19. The van der Waals surface area contributed by atoms with Crippen molar-refractivity contribution in [1.82, 2.24) is 0 Å². The largest absolute Gasteiger partial charge is 0.295 e. The smallest absolute Gasteiger partial charge is 0.159 e. The highest BCUT2D eigenvalue weighted by Gasteiger charge is 2.46. The molecule has 0 spiro atoms. The molecule has 0 heterocycles. The van der Waals surface area contributed by atoms with Gasteiger partial charge in [0.15, 0.2) is 5.78 Å². The average molecular weight is 220 g/mol. The minimum atomic E-state index is 0.0857. The number of allylic oxidation sites excluding steroid dienone is 2. The molecule has 0 radical (unpaired) electrons. The van der Waals surface area contributed by atoms with Crippen molar-refractivity contribution < 1.29 is 4.79 Å². The fraction of sp³-hybridized carbons (Fsp3) is 0.800. The van der Waals surface area contributed by atoms with Gasteiger partial charge >= 0.3 is 0 Å². The van der Waals surface area contributed by atoms with Crippen LogP contribution in [0.3, 0.4) is 0 Å². The summed E-state index contributed by atoms with van der Waals surface area (Å²) in [6.45, 7) is 11.4. The molecule has 1 heteroatoms. The number of hydrogen-bond donors (Lipinski definition) is 0. The van der Waals surface area contributed by atoms with Gasteiger partial charge in [-0.1, -0.05) is 40.2 Å². The second-order valence-corrected chi connectivity index (χ2v) is 6.84. The summed E-state index contributed by atoms with van der Waals surface area (Å²) in [4.78, 5) is 12.2. The maximum atomic E-state index is 12.2. The van der Waals surface area contributed by atoms with Gasteiger partial charge in [-0.05, 0) is 36.0 Å². The summed E-state index contributed by atoms with van der Waals surface area (Å²) in [7, 11) is 0. The first-order valence-corrected chi connectivity index (χ1v) is 6.54. The van der Waals surface area contributed by atoms with E-state index in [1.807, 2.05) is 0 Å². The van der Waals surface area contributed by atoms with Crippen LogP contribution in [0.15, 0.2) is 11.1 Å². The molecule has 0 aromatic carbocycles. The molecule has 1 nitrogen and oxygen atoms in total. The Balaban J connectivity index is 2.60. The molecule has 0 aromatic rings. The first kappa shape index (κ1) is 11.9. The topological polar surface area (TPSA) is 17.1 Å². The van der Waals surface area contributed by atoms with E-state index < -0.39 is 0 Å². The molecule has 0 aliphatic heterocycles. The van der Waals surface area contributed by atoms with Gasteiger partial charge in [-0.2, -0.15) is 0 Å². The van der Waals surface area contributed by atoms with Gasteiger partial charge in [0.05, 0.1) is 0 Å². The van der Waals surface area contributed by atoms with Crippen LogP contribution >= 0.6 is 0 Å². The highest BCUT2D eigenvalue weighted by molar-refractivity contribution is 5.98. The van der Waals surface area contributed by atoms with Crippen molar-refractivity contribution in [3.8, 4) is 0 Å². The Labute approximate surface area is 99.3 Å². The van der Waals surface area contributed by atoms with E-state index in [1.165, 1.54) is 17.6 Å². The van der Waals surface area contributed by atoms with E-state index >= 15 is 0 Å². The van der Waals surface area contributed by atoms with Crippen LogP contribution in [0.25, 0.3) is 0 Å². The summed E-state index contributed by atoms with van der Waals surface area (Å²) in [5, 5.41) is 0. The van der Waals surface area contributed by atoms with E-state index in [0.29, 0.717) is 11.7 Å². The third-order valence-corrected chi connectivity index (χ3v) is 4.92. The molecule has 0 N–H and O–H groups in total. The van der Waals surface area contributed by atoms with Crippen molar-refractivity contribution in [2.45, 2.75) is 60.3 Å². The Morgan fingerprint density at radius 1 is 1.12 bits per heavy atom. The first-order chi connectivity index (χ1) is 7.27. The lowest BCUT2D eigenvalue weighted by atomic mass is 9.55. The molecule has 0 fully saturated rings. The Hall–Kier alpha value is -0.590. The van der Waals surface area contributed by atoms with Crippen LogP contribution in [-0.2, 0) is 4.79 Å². The zero-order valence-corrected chi connectivity index (χ0v) is 11.3. The SMILES string of the molecule is CC1CC(C)(C)C2=C(C(=O)CCC2)C1(C)C. The van der Waals surface area contributed by atoms with Crippen molar-refractivity contribution in [3.05, 3.63) is 11.1 Å². The van der Waals surface area contributed by atoms with Gasteiger partial charge in [-0.3, -0.25) is 4.79 Å². The summed E-state index contributed by atoms with van der Waals surface area (Å²) in [5.41, 5.74) is 2.97. The number of Topliss-reactive ketones (excluding diaryl/α,β-unsaturated/α-hetero) is 1.